The Morgan fingerprint density at radius 1 is 1.23 bits per heavy atom. The summed E-state index contributed by atoms with van der Waals surface area (Å²) in [5.41, 5.74) is 5.64. The van der Waals surface area contributed by atoms with Gasteiger partial charge in [-0.1, -0.05) is 0 Å². The van der Waals surface area contributed by atoms with Gasteiger partial charge in [0.1, 0.15) is 0 Å². The van der Waals surface area contributed by atoms with E-state index in [-0.39, 0.29) is 0 Å². The van der Waals surface area contributed by atoms with Crippen LogP contribution in [0.2, 0.25) is 0 Å². The van der Waals surface area contributed by atoms with Gasteiger partial charge in [0.15, 0.2) is 0 Å². The monoisotopic (exact) mass is 182 g/mol. The first kappa shape index (κ1) is 9.47. The van der Waals surface area contributed by atoms with Crippen molar-refractivity contribution < 1.29 is 0 Å². The van der Waals surface area contributed by atoms with Gasteiger partial charge in [-0.25, -0.2) is 0 Å². The molecule has 0 aromatic heterocycles. The number of hydrogen-bond donors (Lipinski definition) is 1. The SMILES string of the molecule is CN1CCC(CC2CC2CN)CC1. The van der Waals surface area contributed by atoms with Crippen molar-refractivity contribution in [2.45, 2.75) is 25.7 Å². The van der Waals surface area contributed by atoms with Gasteiger partial charge >= 0.3 is 0 Å². The average Bonchev–Trinajstić information content (AvgIpc) is 2.88. The molecule has 2 unspecified atom stereocenters. The largest absolute Gasteiger partial charge is 0.330 e. The third kappa shape index (κ3) is 2.44. The van der Waals surface area contributed by atoms with Crippen LogP contribution in [0, 0.1) is 17.8 Å². The van der Waals surface area contributed by atoms with Crippen molar-refractivity contribution >= 4 is 0 Å². The van der Waals surface area contributed by atoms with Gasteiger partial charge in [0.25, 0.3) is 0 Å². The highest BCUT2D eigenvalue weighted by Crippen LogP contribution is 2.43. The third-order valence-electron chi connectivity index (χ3n) is 3.85. The molecule has 76 valence electrons. The van der Waals surface area contributed by atoms with Gasteiger partial charge in [0, 0.05) is 0 Å². The van der Waals surface area contributed by atoms with Gasteiger partial charge in [-0.05, 0) is 70.1 Å². The molecule has 1 aliphatic carbocycles. The van der Waals surface area contributed by atoms with Crippen molar-refractivity contribution in [3.8, 4) is 0 Å². The van der Waals surface area contributed by atoms with Gasteiger partial charge in [-0.2, -0.15) is 0 Å². The highest BCUT2D eigenvalue weighted by molar-refractivity contribution is 4.89. The molecule has 0 radical (unpaired) electrons. The molecule has 1 heterocycles. The van der Waals surface area contributed by atoms with Crippen molar-refractivity contribution in [1.29, 1.82) is 0 Å². The lowest BCUT2D eigenvalue weighted by Crippen LogP contribution is -2.30. The first-order valence-corrected chi connectivity index (χ1v) is 5.68. The molecule has 1 aliphatic heterocycles. The molecule has 13 heavy (non-hydrogen) atoms. The fraction of sp³-hybridized carbons (Fsp3) is 1.00. The zero-order chi connectivity index (χ0) is 9.26. The van der Waals surface area contributed by atoms with Crippen molar-refractivity contribution in [3.05, 3.63) is 0 Å². The van der Waals surface area contributed by atoms with Crippen LogP contribution in [0.5, 0.6) is 0 Å². The fourth-order valence-electron chi connectivity index (χ4n) is 2.61. The molecule has 2 rings (SSSR count). The Balaban J connectivity index is 1.66. The molecule has 2 atom stereocenters. The van der Waals surface area contributed by atoms with Gasteiger partial charge in [0.2, 0.25) is 0 Å². The van der Waals surface area contributed by atoms with Crippen LogP contribution in [0.15, 0.2) is 0 Å². The highest BCUT2D eigenvalue weighted by atomic mass is 15.1. The molecule has 1 saturated carbocycles. The van der Waals surface area contributed by atoms with E-state index in [0.29, 0.717) is 0 Å². The second-order valence-corrected chi connectivity index (χ2v) is 4.97. The number of likely N-dealkylation sites (tertiary alicyclic amines) is 1. The van der Waals surface area contributed by atoms with Gasteiger partial charge < -0.3 is 10.6 Å². The average molecular weight is 182 g/mol. The van der Waals surface area contributed by atoms with Crippen LogP contribution in [0.1, 0.15) is 25.7 Å². The van der Waals surface area contributed by atoms with Gasteiger partial charge in [-0.15, -0.1) is 0 Å². The Kier molecular flexibility index (Phi) is 2.89. The zero-order valence-electron chi connectivity index (χ0n) is 8.71. The number of nitrogens with zero attached hydrogens (tertiary/aromatic N) is 1. The van der Waals surface area contributed by atoms with Crippen LogP contribution in [0.3, 0.4) is 0 Å². The van der Waals surface area contributed by atoms with Gasteiger partial charge in [0.05, 0.1) is 0 Å². The van der Waals surface area contributed by atoms with E-state index in [0.717, 1.165) is 24.3 Å². The first-order valence-electron chi connectivity index (χ1n) is 5.68. The van der Waals surface area contributed by atoms with E-state index in [1.54, 1.807) is 0 Å². The minimum Gasteiger partial charge on any atom is -0.330 e. The first-order chi connectivity index (χ1) is 6.29. The summed E-state index contributed by atoms with van der Waals surface area (Å²) >= 11 is 0. The third-order valence-corrected chi connectivity index (χ3v) is 3.85. The van der Waals surface area contributed by atoms with Gasteiger partial charge in [-0.3, -0.25) is 0 Å². The minimum atomic E-state index is 0.889. The predicted molar refractivity (Wildman–Crippen MR) is 55.5 cm³/mol. The Bertz CT molecular complexity index is 161. The van der Waals surface area contributed by atoms with E-state index in [4.69, 9.17) is 5.73 Å². The summed E-state index contributed by atoms with van der Waals surface area (Å²) in [5.74, 6) is 2.90. The minimum absolute atomic E-state index is 0.889. The molecule has 0 aromatic carbocycles. The topological polar surface area (TPSA) is 29.3 Å². The molecule has 2 aliphatic rings. The van der Waals surface area contributed by atoms with Crippen LogP contribution >= 0.6 is 0 Å². The normalized spacial score (nSPS) is 36.5. The van der Waals surface area contributed by atoms with E-state index in [1.807, 2.05) is 0 Å². The Hall–Kier alpha value is -0.0800. The zero-order valence-corrected chi connectivity index (χ0v) is 8.71. The Labute approximate surface area is 81.5 Å². The molecule has 0 amide bonds. The second kappa shape index (κ2) is 3.97. The molecule has 0 aromatic rings. The quantitative estimate of drug-likeness (QED) is 0.713. The lowest BCUT2D eigenvalue weighted by molar-refractivity contribution is 0.206. The van der Waals surface area contributed by atoms with E-state index in [9.17, 15) is 0 Å². The molecular weight excluding hydrogens is 160 g/mol. The molecule has 0 bridgehead atoms. The summed E-state index contributed by atoms with van der Waals surface area (Å²) in [5, 5.41) is 0. The lowest BCUT2D eigenvalue weighted by Gasteiger charge is -2.28. The van der Waals surface area contributed by atoms with Crippen LogP contribution in [-0.2, 0) is 0 Å². The summed E-state index contributed by atoms with van der Waals surface area (Å²) < 4.78 is 0. The predicted octanol–water partition coefficient (Wildman–Crippen LogP) is 1.31. The molecule has 2 N–H and O–H groups in total. The lowest BCUT2D eigenvalue weighted by atomic mass is 9.91. The maximum absolute atomic E-state index is 5.64. The summed E-state index contributed by atoms with van der Waals surface area (Å²) in [6.45, 7) is 3.55. The van der Waals surface area contributed by atoms with Crippen molar-refractivity contribution in [3.63, 3.8) is 0 Å². The number of piperidine rings is 1. The van der Waals surface area contributed by atoms with Crippen LogP contribution in [0.4, 0.5) is 0 Å². The van der Waals surface area contributed by atoms with E-state index in [1.165, 1.54) is 38.8 Å². The maximum atomic E-state index is 5.64. The molecule has 2 fully saturated rings. The van der Waals surface area contributed by atoms with E-state index >= 15 is 0 Å². The van der Waals surface area contributed by atoms with Crippen molar-refractivity contribution in [1.82, 2.24) is 4.90 Å². The standard InChI is InChI=1S/C11H22N2/c1-13-4-2-9(3-5-13)6-10-7-11(10)8-12/h9-11H,2-8,12H2,1H3. The van der Waals surface area contributed by atoms with Crippen LogP contribution < -0.4 is 5.73 Å². The summed E-state index contributed by atoms with van der Waals surface area (Å²) in [6, 6.07) is 0. The summed E-state index contributed by atoms with van der Waals surface area (Å²) in [7, 11) is 2.23. The Morgan fingerprint density at radius 3 is 2.46 bits per heavy atom. The summed E-state index contributed by atoms with van der Waals surface area (Å²) in [4.78, 5) is 2.45. The summed E-state index contributed by atoms with van der Waals surface area (Å²) in [6.07, 6.45) is 5.73. The number of rotatable bonds is 3. The Morgan fingerprint density at radius 2 is 1.92 bits per heavy atom. The molecule has 1 saturated heterocycles. The molecule has 0 spiro atoms. The number of nitrogens with two attached hydrogens (primary N) is 1. The van der Waals surface area contributed by atoms with Crippen LogP contribution in [-0.4, -0.2) is 31.6 Å². The maximum Gasteiger partial charge on any atom is -0.00191 e. The van der Waals surface area contributed by atoms with E-state index in [2.05, 4.69) is 11.9 Å². The molecule has 2 heteroatoms. The van der Waals surface area contributed by atoms with Crippen LogP contribution in [0.25, 0.3) is 0 Å². The van der Waals surface area contributed by atoms with Crippen molar-refractivity contribution in [2.24, 2.45) is 23.5 Å². The highest BCUT2D eigenvalue weighted by Gasteiger charge is 2.37. The molecular formula is C11H22N2. The second-order valence-electron chi connectivity index (χ2n) is 4.97. The van der Waals surface area contributed by atoms with Crippen molar-refractivity contribution in [2.75, 3.05) is 26.7 Å². The fourth-order valence-corrected chi connectivity index (χ4v) is 2.61. The van der Waals surface area contributed by atoms with E-state index < -0.39 is 0 Å². The number of hydrogen-bond acceptors (Lipinski definition) is 2. The smallest absolute Gasteiger partial charge is 0.00191 e. The molecule has 2 nitrogen and oxygen atoms in total.